The van der Waals surface area contributed by atoms with Gasteiger partial charge in [-0.15, -0.1) is 11.3 Å². The summed E-state index contributed by atoms with van der Waals surface area (Å²) in [5, 5.41) is 6.79. The van der Waals surface area contributed by atoms with Crippen molar-refractivity contribution in [2.45, 2.75) is 0 Å². The quantitative estimate of drug-likeness (QED) is 0.175. The third-order valence-corrected chi connectivity index (χ3v) is 12.1. The average molecular weight is 748 g/mol. The lowest BCUT2D eigenvalue weighted by atomic mass is 9.92. The lowest BCUT2D eigenvalue weighted by Crippen LogP contribution is -2.00. The zero-order valence-electron chi connectivity index (χ0n) is 30.3. The normalized spacial score (nSPS) is 11.9. The number of thiophene rings is 1. The van der Waals surface area contributed by atoms with Gasteiger partial charge < -0.3 is 8.83 Å². The van der Waals surface area contributed by atoms with E-state index in [-0.39, 0.29) is 0 Å². The fourth-order valence-corrected chi connectivity index (χ4v) is 9.50. The van der Waals surface area contributed by atoms with E-state index in [1.54, 1.807) is 0 Å². The van der Waals surface area contributed by atoms with Gasteiger partial charge in [0.05, 0.1) is 0 Å². The standard InChI is InChI=1S/C51H29N3O2S/c1-3-13-30(14-4-1)49-52-50(31-15-5-2-6-16-31)54-51(53-49)32-25-26-35-36-20-11-21-37(48(36)56-43(35)28-32)40-27-33(29-45-47(40)39-18-8-10-24-44(39)57-45)34-19-12-23-42-46(34)38-17-7-9-22-41(38)55-42/h1-29H. The lowest BCUT2D eigenvalue weighted by molar-refractivity contribution is 0.669. The van der Waals surface area contributed by atoms with Crippen molar-refractivity contribution in [2.24, 2.45) is 0 Å². The number of benzene rings is 8. The van der Waals surface area contributed by atoms with E-state index in [4.69, 9.17) is 23.8 Å². The predicted octanol–water partition coefficient (Wildman–Crippen LogP) is 14.4. The van der Waals surface area contributed by atoms with Gasteiger partial charge in [-0.1, -0.05) is 133 Å². The van der Waals surface area contributed by atoms with Gasteiger partial charge in [0.2, 0.25) is 0 Å². The number of para-hydroxylation sites is 2. The number of hydrogen-bond acceptors (Lipinski definition) is 6. The molecule has 4 aromatic heterocycles. The Morgan fingerprint density at radius 3 is 1.75 bits per heavy atom. The van der Waals surface area contributed by atoms with Crippen molar-refractivity contribution in [3.05, 3.63) is 176 Å². The molecule has 0 bridgehead atoms. The van der Waals surface area contributed by atoms with Crippen LogP contribution in [0, 0.1) is 0 Å². The molecular weight excluding hydrogens is 719 g/mol. The van der Waals surface area contributed by atoms with E-state index < -0.39 is 0 Å². The van der Waals surface area contributed by atoms with Crippen molar-refractivity contribution >= 4 is 75.4 Å². The van der Waals surface area contributed by atoms with E-state index in [0.717, 1.165) is 82.8 Å². The maximum absolute atomic E-state index is 6.95. The van der Waals surface area contributed by atoms with E-state index in [2.05, 4.69) is 103 Å². The van der Waals surface area contributed by atoms with Gasteiger partial charge in [-0.25, -0.2) is 15.0 Å². The first-order chi connectivity index (χ1) is 28.2. The highest BCUT2D eigenvalue weighted by atomic mass is 32.1. The van der Waals surface area contributed by atoms with Crippen molar-refractivity contribution in [1.82, 2.24) is 15.0 Å². The van der Waals surface area contributed by atoms with Crippen LogP contribution in [-0.4, -0.2) is 15.0 Å². The first-order valence-electron chi connectivity index (χ1n) is 18.9. The van der Waals surface area contributed by atoms with Crippen LogP contribution in [0.3, 0.4) is 0 Å². The lowest BCUT2D eigenvalue weighted by Gasteiger charge is -2.11. The maximum Gasteiger partial charge on any atom is 0.164 e. The van der Waals surface area contributed by atoms with Crippen LogP contribution >= 0.6 is 11.3 Å². The molecule has 0 unspecified atom stereocenters. The Labute approximate surface area is 330 Å². The molecule has 0 amide bonds. The molecule has 8 aromatic carbocycles. The van der Waals surface area contributed by atoms with Crippen LogP contribution in [0.1, 0.15) is 0 Å². The molecule has 4 heterocycles. The molecule has 12 rings (SSSR count). The molecule has 57 heavy (non-hydrogen) atoms. The fraction of sp³-hybridized carbons (Fsp3) is 0. The summed E-state index contributed by atoms with van der Waals surface area (Å²) >= 11 is 1.83. The first-order valence-corrected chi connectivity index (χ1v) is 19.7. The largest absolute Gasteiger partial charge is 0.456 e. The second kappa shape index (κ2) is 12.6. The van der Waals surface area contributed by atoms with E-state index in [0.29, 0.717) is 17.5 Å². The summed E-state index contributed by atoms with van der Waals surface area (Å²) in [6.07, 6.45) is 0. The van der Waals surface area contributed by atoms with Gasteiger partial charge in [0, 0.05) is 64.0 Å². The maximum atomic E-state index is 6.95. The Balaban J connectivity index is 1.07. The minimum absolute atomic E-state index is 0.588. The molecule has 6 heteroatoms. The monoisotopic (exact) mass is 747 g/mol. The van der Waals surface area contributed by atoms with Crippen LogP contribution in [-0.2, 0) is 0 Å². The Morgan fingerprint density at radius 2 is 0.965 bits per heavy atom. The van der Waals surface area contributed by atoms with Crippen LogP contribution < -0.4 is 0 Å². The van der Waals surface area contributed by atoms with E-state index >= 15 is 0 Å². The van der Waals surface area contributed by atoms with Crippen LogP contribution in [0.4, 0.5) is 0 Å². The summed E-state index contributed by atoms with van der Waals surface area (Å²) < 4.78 is 15.8. The van der Waals surface area contributed by atoms with E-state index in [9.17, 15) is 0 Å². The van der Waals surface area contributed by atoms with Crippen LogP contribution in [0.25, 0.3) is 120 Å². The Morgan fingerprint density at radius 1 is 0.333 bits per heavy atom. The smallest absolute Gasteiger partial charge is 0.164 e. The molecule has 0 fully saturated rings. The van der Waals surface area contributed by atoms with Crippen LogP contribution in [0.2, 0.25) is 0 Å². The topological polar surface area (TPSA) is 65.0 Å². The van der Waals surface area contributed by atoms with Gasteiger partial charge in [0.25, 0.3) is 0 Å². The second-order valence-corrected chi connectivity index (χ2v) is 15.4. The Bertz CT molecular complexity index is 3470. The molecule has 0 saturated heterocycles. The van der Waals surface area contributed by atoms with Crippen molar-refractivity contribution < 1.29 is 8.83 Å². The zero-order chi connectivity index (χ0) is 37.5. The van der Waals surface area contributed by atoms with Gasteiger partial charge in [-0.3, -0.25) is 0 Å². The predicted molar refractivity (Wildman–Crippen MR) is 234 cm³/mol. The summed E-state index contributed by atoms with van der Waals surface area (Å²) in [6, 6.07) is 60.9. The second-order valence-electron chi connectivity index (χ2n) is 14.3. The minimum atomic E-state index is 0.588. The van der Waals surface area contributed by atoms with Gasteiger partial charge >= 0.3 is 0 Å². The van der Waals surface area contributed by atoms with Crippen molar-refractivity contribution in [3.8, 4) is 56.4 Å². The summed E-state index contributed by atoms with van der Waals surface area (Å²) in [6.45, 7) is 0. The first kappa shape index (κ1) is 31.9. The molecule has 266 valence electrons. The number of aromatic nitrogens is 3. The van der Waals surface area contributed by atoms with E-state index in [1.165, 1.54) is 20.2 Å². The number of furan rings is 2. The minimum Gasteiger partial charge on any atom is -0.456 e. The SMILES string of the molecule is c1ccc(-c2nc(-c3ccccc3)nc(-c3ccc4c(c3)oc3c(-c5cc(-c6cccc7oc8ccccc8c67)cc6sc7ccccc7c56)cccc34)n2)cc1. The van der Waals surface area contributed by atoms with Crippen LogP contribution in [0.5, 0.6) is 0 Å². The molecule has 0 saturated carbocycles. The molecule has 0 spiro atoms. The van der Waals surface area contributed by atoms with Crippen molar-refractivity contribution in [3.63, 3.8) is 0 Å². The molecule has 0 aliphatic carbocycles. The summed E-state index contributed by atoms with van der Waals surface area (Å²) in [5.74, 6) is 1.83. The Kier molecular flexibility index (Phi) is 7.03. The molecule has 0 N–H and O–H groups in total. The molecule has 0 atom stereocenters. The zero-order valence-corrected chi connectivity index (χ0v) is 31.1. The molecule has 0 aliphatic rings. The van der Waals surface area contributed by atoms with Crippen molar-refractivity contribution in [2.75, 3.05) is 0 Å². The number of hydrogen-bond donors (Lipinski definition) is 0. The summed E-state index contributed by atoms with van der Waals surface area (Å²) in [5.41, 5.74) is 10.6. The molecule has 5 nitrogen and oxygen atoms in total. The van der Waals surface area contributed by atoms with Gasteiger partial charge in [0.15, 0.2) is 17.5 Å². The van der Waals surface area contributed by atoms with Gasteiger partial charge in [-0.05, 0) is 59.2 Å². The average Bonchev–Trinajstić information content (AvgIpc) is 3.97. The van der Waals surface area contributed by atoms with Gasteiger partial charge in [0.1, 0.15) is 22.3 Å². The third-order valence-electron chi connectivity index (χ3n) is 10.9. The number of rotatable bonds is 5. The van der Waals surface area contributed by atoms with E-state index in [1.807, 2.05) is 84.1 Å². The highest BCUT2D eigenvalue weighted by molar-refractivity contribution is 7.26. The van der Waals surface area contributed by atoms with Crippen molar-refractivity contribution in [1.29, 1.82) is 0 Å². The molecular formula is C51H29N3O2S. The molecule has 0 aliphatic heterocycles. The van der Waals surface area contributed by atoms with Gasteiger partial charge in [-0.2, -0.15) is 0 Å². The fourth-order valence-electron chi connectivity index (χ4n) is 8.32. The van der Waals surface area contributed by atoms with Crippen LogP contribution in [0.15, 0.2) is 185 Å². The number of fused-ring (bicyclic) bond motifs is 9. The molecule has 12 aromatic rings. The highest BCUT2D eigenvalue weighted by Crippen LogP contribution is 2.47. The third kappa shape index (κ3) is 5.12. The Hall–Kier alpha value is -7.41. The summed E-state index contributed by atoms with van der Waals surface area (Å²) in [7, 11) is 0. The molecule has 0 radical (unpaired) electrons. The summed E-state index contributed by atoms with van der Waals surface area (Å²) in [4.78, 5) is 14.9. The number of nitrogens with zero attached hydrogens (tertiary/aromatic N) is 3. The highest BCUT2D eigenvalue weighted by Gasteiger charge is 2.21.